The van der Waals surface area contributed by atoms with Crippen LogP contribution in [0, 0.1) is 0 Å². The number of hydrogen-bond acceptors (Lipinski definition) is 1. The number of nitrogens with zero attached hydrogens (tertiary/aromatic N) is 5. The lowest BCUT2D eigenvalue weighted by Crippen LogP contribution is -2.06. The summed E-state index contributed by atoms with van der Waals surface area (Å²) >= 11 is 0. The van der Waals surface area contributed by atoms with Crippen LogP contribution < -0.4 is 0 Å². The molecule has 0 N–H and O–H groups in total. The van der Waals surface area contributed by atoms with Gasteiger partial charge in [0, 0.05) is 59.9 Å². The van der Waals surface area contributed by atoms with E-state index in [2.05, 4.69) is 27.3 Å². The monoisotopic (exact) mass is 907 g/mol. The van der Waals surface area contributed by atoms with Gasteiger partial charge < -0.3 is 9.13 Å². The van der Waals surface area contributed by atoms with E-state index in [1.54, 1.807) is 12.1 Å². The van der Waals surface area contributed by atoms with Gasteiger partial charge in [0.05, 0.1) is 71.8 Å². The highest BCUT2D eigenvalue weighted by Gasteiger charge is 2.25. The predicted octanol–water partition coefficient (Wildman–Crippen LogP) is 16.8. The van der Waals surface area contributed by atoms with E-state index >= 15 is 0 Å². The maximum absolute atomic E-state index is 9.62. The zero-order chi connectivity index (χ0) is 59.8. The first-order valence-electron chi connectivity index (χ1n) is 30.7. The summed E-state index contributed by atoms with van der Waals surface area (Å²) in [5.41, 5.74) is 6.09. The van der Waals surface area contributed by atoms with Crippen molar-refractivity contribution in [3.8, 4) is 45.3 Å². The van der Waals surface area contributed by atoms with Gasteiger partial charge in [-0.2, -0.15) is 0 Å². The van der Waals surface area contributed by atoms with Gasteiger partial charge in [-0.3, -0.25) is 9.13 Å². The molecule has 15 rings (SSSR count). The molecule has 0 saturated heterocycles. The SMILES string of the molecule is [2H]c1c([2H])c([2H])c2c(c1[2H])c1c([2H])c([2H])c([2H])c([2H])c1n2-c1cc(-c2c(-c3cccc4c5ccccc5n(-c5ccccc5)c34)cccc2-n2c3ccccc3c3ccccc32)cc(-n2c3c([2H])c([2H])c([2H])c([2H])c3c3c([2H])c([2H])c([2H])c([2H])c32)n1. The van der Waals surface area contributed by atoms with Crippen molar-refractivity contribution in [2.45, 2.75) is 0 Å². The molecule has 0 aliphatic heterocycles. The molecule has 10 aromatic carbocycles. The van der Waals surface area contributed by atoms with E-state index < -0.39 is 96.7 Å². The van der Waals surface area contributed by atoms with Gasteiger partial charge in [0.1, 0.15) is 11.6 Å². The zero-order valence-corrected chi connectivity index (χ0v) is 36.7. The number of fused-ring (bicyclic) bond motifs is 12. The van der Waals surface area contributed by atoms with Crippen molar-refractivity contribution in [2.75, 3.05) is 0 Å². The molecular weight excluding hydrogens is 851 g/mol. The fourth-order valence-electron chi connectivity index (χ4n) is 10.7. The Morgan fingerprint density at radius 3 is 1.26 bits per heavy atom. The second kappa shape index (κ2) is 15.0. The predicted molar refractivity (Wildman–Crippen MR) is 292 cm³/mol. The molecule has 0 amide bonds. The number of benzene rings is 10. The summed E-state index contributed by atoms with van der Waals surface area (Å²) in [6.07, 6.45) is 0. The Morgan fingerprint density at radius 1 is 0.314 bits per heavy atom. The van der Waals surface area contributed by atoms with Crippen LogP contribution >= 0.6 is 0 Å². The maximum Gasteiger partial charge on any atom is 0.140 e. The average Bonchev–Trinajstić information content (AvgIpc) is 1.61. The minimum Gasteiger partial charge on any atom is -0.309 e. The molecule has 5 heterocycles. The van der Waals surface area contributed by atoms with E-state index in [4.69, 9.17) is 16.0 Å². The summed E-state index contributed by atoms with van der Waals surface area (Å²) in [5, 5.41) is 2.87. The number of pyridine rings is 1. The summed E-state index contributed by atoms with van der Waals surface area (Å²) in [7, 11) is 0. The maximum atomic E-state index is 9.62. The quantitative estimate of drug-likeness (QED) is 0.164. The lowest BCUT2D eigenvalue weighted by molar-refractivity contribution is 1.01. The lowest BCUT2D eigenvalue weighted by Gasteiger charge is -2.21. The van der Waals surface area contributed by atoms with Crippen molar-refractivity contribution in [3.05, 3.63) is 248 Å². The summed E-state index contributed by atoms with van der Waals surface area (Å²) in [5.74, 6) is -0.382. The van der Waals surface area contributed by atoms with Crippen molar-refractivity contribution >= 4 is 87.2 Å². The molecule has 0 aliphatic rings. The normalized spacial score (nSPS) is 15.2. The van der Waals surface area contributed by atoms with E-state index in [1.165, 1.54) is 9.13 Å². The van der Waals surface area contributed by atoms with Crippen molar-refractivity contribution in [3.63, 3.8) is 0 Å². The number of hydrogen-bond donors (Lipinski definition) is 0. The van der Waals surface area contributed by atoms with Gasteiger partial charge in [0.15, 0.2) is 0 Å². The molecule has 5 aromatic heterocycles. The molecule has 0 spiro atoms. The highest BCUT2D eigenvalue weighted by molar-refractivity contribution is 6.16. The smallest absolute Gasteiger partial charge is 0.140 e. The van der Waals surface area contributed by atoms with Gasteiger partial charge in [0.25, 0.3) is 0 Å². The van der Waals surface area contributed by atoms with Crippen LogP contribution in [0.15, 0.2) is 248 Å². The van der Waals surface area contributed by atoms with Gasteiger partial charge in [-0.15, -0.1) is 0 Å². The Labute approximate surface area is 425 Å². The topological polar surface area (TPSA) is 32.6 Å². The van der Waals surface area contributed by atoms with Crippen LogP contribution in [0.2, 0.25) is 0 Å². The fraction of sp³-hybridized carbons (Fsp3) is 0. The van der Waals surface area contributed by atoms with Crippen molar-refractivity contribution in [1.29, 1.82) is 0 Å². The lowest BCUT2D eigenvalue weighted by atomic mass is 9.91. The van der Waals surface area contributed by atoms with Gasteiger partial charge in [-0.25, -0.2) is 4.98 Å². The van der Waals surface area contributed by atoms with Gasteiger partial charge in [0.2, 0.25) is 0 Å². The molecule has 5 heteroatoms. The molecule has 15 aromatic rings. The van der Waals surface area contributed by atoms with Crippen LogP contribution in [-0.2, 0) is 0 Å². The van der Waals surface area contributed by atoms with Gasteiger partial charge in [-0.05, 0) is 83.8 Å². The zero-order valence-electron chi connectivity index (χ0n) is 52.7. The molecule has 0 bridgehead atoms. The summed E-state index contributed by atoms with van der Waals surface area (Å²) in [4.78, 5) is 5.27. The minimum absolute atomic E-state index is 0.191. The molecule has 0 aliphatic carbocycles. The van der Waals surface area contributed by atoms with Crippen LogP contribution in [0.5, 0.6) is 0 Å². The molecule has 326 valence electrons. The molecule has 0 radical (unpaired) electrons. The van der Waals surface area contributed by atoms with Crippen molar-refractivity contribution < 1.29 is 21.9 Å². The standard InChI is InChI=1S/C65H41N5/c1-2-20-43(21-3-1)67-54-32-11-10-28-50(54)52-30-18-31-53(65(52)67)51-29-19-39-61(68-55-33-12-4-22-44(55)45-23-5-13-34-56(45)68)64(51)42-40-62(69-57-35-14-6-24-46(57)47-25-7-15-36-58(47)69)66-63(41-42)70-59-37-16-8-26-48(59)49-27-9-17-38-60(49)70/h1-41H/i6D,7D,8D,9D,14D,15D,16D,17D,24D,25D,26D,27D,35D,36D,37D,38D. The number of aromatic nitrogens is 5. The Morgan fingerprint density at radius 2 is 0.729 bits per heavy atom. The summed E-state index contributed by atoms with van der Waals surface area (Å²) in [6.45, 7) is 0. The van der Waals surface area contributed by atoms with Crippen LogP contribution in [-0.4, -0.2) is 23.3 Å². The van der Waals surface area contributed by atoms with E-state index in [0.29, 0.717) is 22.4 Å². The average molecular weight is 908 g/mol. The third-order valence-electron chi connectivity index (χ3n) is 13.5. The van der Waals surface area contributed by atoms with Gasteiger partial charge >= 0.3 is 0 Å². The molecule has 5 nitrogen and oxygen atoms in total. The minimum atomic E-state index is -0.673. The third kappa shape index (κ3) is 5.51. The van der Waals surface area contributed by atoms with E-state index in [0.717, 1.165) is 54.9 Å². The summed E-state index contributed by atoms with van der Waals surface area (Å²) in [6, 6.07) is 39.2. The molecule has 0 fully saturated rings. The Kier molecular flexibility index (Phi) is 5.62. The van der Waals surface area contributed by atoms with Crippen LogP contribution in [0.4, 0.5) is 0 Å². The first-order valence-corrected chi connectivity index (χ1v) is 22.7. The van der Waals surface area contributed by atoms with Gasteiger partial charge in [-0.1, -0.05) is 176 Å². The molecule has 70 heavy (non-hydrogen) atoms. The number of para-hydroxylation sites is 9. The first-order chi connectivity index (χ1) is 41.4. The Bertz CT molecular complexity index is 5180. The molecule has 0 atom stereocenters. The Hall–Kier alpha value is -9.45. The molecule has 0 saturated carbocycles. The first kappa shape index (κ1) is 26.2. The van der Waals surface area contributed by atoms with Crippen molar-refractivity contribution in [2.24, 2.45) is 0 Å². The second-order valence-electron chi connectivity index (χ2n) is 17.1. The van der Waals surface area contributed by atoms with Crippen molar-refractivity contribution in [1.82, 2.24) is 23.3 Å². The number of rotatable bonds is 6. The third-order valence-corrected chi connectivity index (χ3v) is 13.5. The highest BCUT2D eigenvalue weighted by atomic mass is 15.1. The second-order valence-corrected chi connectivity index (χ2v) is 17.1. The fourth-order valence-corrected chi connectivity index (χ4v) is 10.7. The largest absolute Gasteiger partial charge is 0.309 e. The highest BCUT2D eigenvalue weighted by Crippen LogP contribution is 2.47. The van der Waals surface area contributed by atoms with Crippen LogP contribution in [0.3, 0.4) is 0 Å². The van der Waals surface area contributed by atoms with Crippen LogP contribution in [0.1, 0.15) is 21.9 Å². The molecular formula is C65H41N5. The van der Waals surface area contributed by atoms with E-state index in [1.807, 2.05) is 121 Å². The Balaban J connectivity index is 1.21. The van der Waals surface area contributed by atoms with Crippen LogP contribution in [0.25, 0.3) is 132 Å². The van der Waals surface area contributed by atoms with E-state index in [9.17, 15) is 11.0 Å². The molecule has 0 unspecified atom stereocenters. The summed E-state index contributed by atoms with van der Waals surface area (Å²) < 4.78 is 155. The van der Waals surface area contributed by atoms with E-state index in [-0.39, 0.29) is 55.2 Å².